The smallest absolute Gasteiger partial charge is 0.286 e. The van der Waals surface area contributed by atoms with Gasteiger partial charge in [0.25, 0.3) is 0 Å². The Kier molecular flexibility index (Phi) is 5.52. The van der Waals surface area contributed by atoms with Gasteiger partial charge in [-0.3, -0.25) is 9.80 Å². The number of halogens is 2. The second-order valence-electron chi connectivity index (χ2n) is 7.97. The quantitative estimate of drug-likeness (QED) is 0.409. The fraction of sp³-hybridized carbons (Fsp3) is 0.240. The molecule has 2 unspecified atom stereocenters. The summed E-state index contributed by atoms with van der Waals surface area (Å²) in [6, 6.07) is 23.1. The van der Waals surface area contributed by atoms with E-state index in [1.54, 1.807) is 0 Å². The van der Waals surface area contributed by atoms with E-state index < -0.39 is 5.54 Å². The van der Waals surface area contributed by atoms with Gasteiger partial charge < -0.3 is 0 Å². The Labute approximate surface area is 187 Å². The number of nitrogens with zero attached hydrogens (tertiary/aromatic N) is 2. The van der Waals surface area contributed by atoms with Crippen LogP contribution < -0.4 is 9.80 Å². The lowest BCUT2D eigenvalue weighted by atomic mass is 9.83. The number of benzene rings is 3. The Bertz CT molecular complexity index is 1070. The molecule has 0 aliphatic carbocycles. The van der Waals surface area contributed by atoms with E-state index in [1.807, 2.05) is 58.3 Å². The first-order valence-corrected chi connectivity index (χ1v) is 10.8. The molecule has 1 fully saturated rings. The molecule has 5 heteroatoms. The van der Waals surface area contributed by atoms with E-state index in [0.717, 1.165) is 23.4 Å². The van der Waals surface area contributed by atoms with Crippen LogP contribution in [0, 0.1) is 6.92 Å². The Morgan fingerprint density at radius 1 is 0.900 bits per heavy atom. The Morgan fingerprint density at radius 3 is 2.00 bits per heavy atom. The standard InChI is InChI=1S/C25H24Cl2N2O/c1-4-25(3)23(18-7-5-6-17(2)16-18)28(21-12-8-19(26)9-13-21)24(30)29(25)22-14-10-20(27)11-15-22/h5-16,23H,4H2,1-3H3. The van der Waals surface area contributed by atoms with Crippen LogP contribution in [0.1, 0.15) is 37.4 Å². The first-order chi connectivity index (χ1) is 14.3. The van der Waals surface area contributed by atoms with Crippen LogP contribution in [-0.4, -0.2) is 11.6 Å². The molecule has 1 aliphatic rings. The minimum absolute atomic E-state index is 0.0597. The predicted octanol–water partition coefficient (Wildman–Crippen LogP) is 7.66. The van der Waals surface area contributed by atoms with E-state index in [9.17, 15) is 4.79 Å². The molecule has 3 aromatic rings. The topological polar surface area (TPSA) is 23.6 Å². The number of carbonyl (C=O) groups excluding carboxylic acids is 1. The molecule has 2 atom stereocenters. The average Bonchev–Trinajstić information content (AvgIpc) is 2.97. The molecule has 2 amide bonds. The SMILES string of the molecule is CCC1(C)C(c2cccc(C)c2)N(c2ccc(Cl)cc2)C(=O)N1c1ccc(Cl)cc1. The monoisotopic (exact) mass is 438 g/mol. The van der Waals surface area contributed by atoms with Gasteiger partial charge >= 0.3 is 6.03 Å². The van der Waals surface area contributed by atoms with Gasteiger partial charge in [0.1, 0.15) is 0 Å². The zero-order valence-corrected chi connectivity index (χ0v) is 18.8. The maximum atomic E-state index is 13.9. The lowest BCUT2D eigenvalue weighted by Gasteiger charge is -2.38. The van der Waals surface area contributed by atoms with Crippen molar-refractivity contribution in [1.82, 2.24) is 0 Å². The molecule has 30 heavy (non-hydrogen) atoms. The van der Waals surface area contributed by atoms with Crippen LogP contribution in [-0.2, 0) is 0 Å². The normalized spacial score (nSPS) is 21.4. The molecule has 3 aromatic carbocycles. The summed E-state index contributed by atoms with van der Waals surface area (Å²) in [6.45, 7) is 6.36. The summed E-state index contributed by atoms with van der Waals surface area (Å²) in [6.07, 6.45) is 0.782. The predicted molar refractivity (Wildman–Crippen MR) is 126 cm³/mol. The maximum absolute atomic E-state index is 13.9. The van der Waals surface area contributed by atoms with E-state index in [-0.39, 0.29) is 12.1 Å². The zero-order valence-electron chi connectivity index (χ0n) is 17.3. The molecule has 0 bridgehead atoms. The summed E-state index contributed by atoms with van der Waals surface area (Å²) in [5, 5.41) is 1.29. The number of amides is 2. The molecule has 154 valence electrons. The molecule has 0 N–H and O–H groups in total. The Balaban J connectivity index is 1.93. The van der Waals surface area contributed by atoms with E-state index in [0.29, 0.717) is 10.0 Å². The van der Waals surface area contributed by atoms with Gasteiger partial charge in [-0.25, -0.2) is 4.79 Å². The minimum atomic E-state index is -0.460. The summed E-state index contributed by atoms with van der Waals surface area (Å²) in [4.78, 5) is 17.7. The summed E-state index contributed by atoms with van der Waals surface area (Å²) >= 11 is 12.2. The van der Waals surface area contributed by atoms with Crippen LogP contribution >= 0.6 is 23.2 Å². The second-order valence-corrected chi connectivity index (χ2v) is 8.84. The molecule has 0 saturated carbocycles. The van der Waals surface area contributed by atoms with Gasteiger partial charge in [0.15, 0.2) is 0 Å². The lowest BCUT2D eigenvalue weighted by molar-refractivity contribution is 0.254. The average molecular weight is 439 g/mol. The lowest BCUT2D eigenvalue weighted by Crippen LogP contribution is -2.45. The highest BCUT2D eigenvalue weighted by atomic mass is 35.5. The third kappa shape index (κ3) is 3.46. The van der Waals surface area contributed by atoms with Gasteiger partial charge in [-0.05, 0) is 74.4 Å². The summed E-state index contributed by atoms with van der Waals surface area (Å²) in [5.41, 5.74) is 3.48. The zero-order chi connectivity index (χ0) is 21.5. The number of hydrogen-bond acceptors (Lipinski definition) is 1. The summed E-state index contributed by atoms with van der Waals surface area (Å²) in [5.74, 6) is 0. The molecule has 4 rings (SSSR count). The van der Waals surface area contributed by atoms with Crippen molar-refractivity contribution in [3.05, 3.63) is 94.0 Å². The van der Waals surface area contributed by atoms with Gasteiger partial charge in [-0.1, -0.05) is 60.0 Å². The molecule has 0 radical (unpaired) electrons. The highest BCUT2D eigenvalue weighted by Crippen LogP contribution is 2.49. The van der Waals surface area contributed by atoms with Crippen LogP contribution in [0.15, 0.2) is 72.8 Å². The van der Waals surface area contributed by atoms with Crippen molar-refractivity contribution in [2.24, 2.45) is 0 Å². The van der Waals surface area contributed by atoms with Crippen LogP contribution in [0.4, 0.5) is 16.2 Å². The fourth-order valence-electron chi connectivity index (χ4n) is 4.39. The highest BCUT2D eigenvalue weighted by Gasteiger charge is 2.55. The first kappa shape index (κ1) is 20.8. The van der Waals surface area contributed by atoms with Crippen LogP contribution in [0.2, 0.25) is 10.0 Å². The molecular weight excluding hydrogens is 415 g/mol. The molecule has 3 nitrogen and oxygen atoms in total. The minimum Gasteiger partial charge on any atom is -0.286 e. The second kappa shape index (κ2) is 7.98. The Hall–Kier alpha value is -2.49. The van der Waals surface area contributed by atoms with Crippen molar-refractivity contribution < 1.29 is 4.79 Å². The van der Waals surface area contributed by atoms with Crippen molar-refractivity contribution in [2.45, 2.75) is 38.8 Å². The summed E-state index contributed by atoms with van der Waals surface area (Å²) in [7, 11) is 0. The van der Waals surface area contributed by atoms with Crippen LogP contribution in [0.5, 0.6) is 0 Å². The first-order valence-electron chi connectivity index (χ1n) is 10.1. The number of anilines is 2. The largest absolute Gasteiger partial charge is 0.330 e. The van der Waals surface area contributed by atoms with E-state index in [1.165, 1.54) is 5.56 Å². The maximum Gasteiger partial charge on any atom is 0.330 e. The van der Waals surface area contributed by atoms with Gasteiger partial charge in [-0.2, -0.15) is 0 Å². The van der Waals surface area contributed by atoms with Gasteiger partial charge in [-0.15, -0.1) is 0 Å². The number of urea groups is 1. The number of hydrogen-bond donors (Lipinski definition) is 0. The van der Waals surface area contributed by atoms with Crippen molar-refractivity contribution >= 4 is 40.6 Å². The molecule has 1 heterocycles. The molecule has 1 saturated heterocycles. The number of carbonyl (C=O) groups is 1. The number of aryl methyl sites for hydroxylation is 1. The Morgan fingerprint density at radius 2 is 1.47 bits per heavy atom. The van der Waals surface area contributed by atoms with Gasteiger partial charge in [0.05, 0.1) is 11.6 Å². The summed E-state index contributed by atoms with van der Waals surface area (Å²) < 4.78 is 0. The van der Waals surface area contributed by atoms with Gasteiger partial charge in [0, 0.05) is 21.4 Å². The van der Waals surface area contributed by atoms with E-state index in [4.69, 9.17) is 23.2 Å². The van der Waals surface area contributed by atoms with Crippen molar-refractivity contribution in [3.8, 4) is 0 Å². The highest BCUT2D eigenvalue weighted by molar-refractivity contribution is 6.31. The number of rotatable bonds is 4. The van der Waals surface area contributed by atoms with E-state index >= 15 is 0 Å². The fourth-order valence-corrected chi connectivity index (χ4v) is 4.65. The van der Waals surface area contributed by atoms with Crippen molar-refractivity contribution in [2.75, 3.05) is 9.80 Å². The third-order valence-corrected chi connectivity index (χ3v) is 6.52. The molecule has 0 spiro atoms. The molecular formula is C25H24Cl2N2O. The van der Waals surface area contributed by atoms with Crippen LogP contribution in [0.3, 0.4) is 0 Å². The van der Waals surface area contributed by atoms with Crippen molar-refractivity contribution in [1.29, 1.82) is 0 Å². The van der Waals surface area contributed by atoms with E-state index in [2.05, 4.69) is 45.0 Å². The molecule has 1 aliphatic heterocycles. The van der Waals surface area contributed by atoms with Crippen molar-refractivity contribution in [3.63, 3.8) is 0 Å². The van der Waals surface area contributed by atoms with Crippen LogP contribution in [0.25, 0.3) is 0 Å². The third-order valence-electron chi connectivity index (χ3n) is 6.02. The molecule has 0 aromatic heterocycles. The van der Waals surface area contributed by atoms with Gasteiger partial charge in [0.2, 0.25) is 0 Å².